The number of carbonyl (C=O) groups excluding carboxylic acids is 1. The van der Waals surface area contributed by atoms with Crippen LogP contribution in [0.25, 0.3) is 0 Å². The maximum absolute atomic E-state index is 13.1. The van der Waals surface area contributed by atoms with Crippen molar-refractivity contribution in [2.75, 3.05) is 39.5 Å². The largest absolute Gasteiger partial charge is 0.468 e. The van der Waals surface area contributed by atoms with Crippen LogP contribution in [0.1, 0.15) is 42.7 Å². The van der Waals surface area contributed by atoms with E-state index in [1.54, 1.807) is 12.3 Å². The SMILES string of the molecule is O=C(COc1ccccn1)N1C[C@H](c2ccc(CN3CCOCC3)cc2)[C@H]2CCCC[C@H]21. The number of aromatic nitrogens is 1. The van der Waals surface area contributed by atoms with Crippen LogP contribution >= 0.6 is 0 Å². The van der Waals surface area contributed by atoms with Crippen LogP contribution in [0.15, 0.2) is 48.7 Å². The molecule has 1 saturated carbocycles. The quantitative estimate of drug-likeness (QED) is 0.695. The van der Waals surface area contributed by atoms with E-state index in [1.165, 1.54) is 30.4 Å². The third kappa shape index (κ3) is 4.81. The van der Waals surface area contributed by atoms with E-state index in [-0.39, 0.29) is 12.5 Å². The second kappa shape index (κ2) is 10.0. The van der Waals surface area contributed by atoms with Crippen molar-refractivity contribution in [3.05, 3.63) is 59.8 Å². The third-order valence-corrected chi connectivity index (χ3v) is 7.31. The van der Waals surface area contributed by atoms with Gasteiger partial charge in [-0.3, -0.25) is 9.69 Å². The first kappa shape index (κ1) is 21.4. The summed E-state index contributed by atoms with van der Waals surface area (Å²) in [6, 6.07) is 15.0. The minimum absolute atomic E-state index is 0.0610. The van der Waals surface area contributed by atoms with Crippen molar-refractivity contribution in [3.63, 3.8) is 0 Å². The molecular formula is C26H33N3O3. The smallest absolute Gasteiger partial charge is 0.260 e. The molecule has 2 aromatic rings. The molecule has 1 amide bonds. The average molecular weight is 436 g/mol. The van der Waals surface area contributed by atoms with Crippen LogP contribution in [0, 0.1) is 5.92 Å². The zero-order chi connectivity index (χ0) is 21.8. The fourth-order valence-electron chi connectivity index (χ4n) is 5.66. The summed E-state index contributed by atoms with van der Waals surface area (Å²) in [5.74, 6) is 1.55. The topological polar surface area (TPSA) is 54.9 Å². The first-order chi connectivity index (χ1) is 15.8. The maximum Gasteiger partial charge on any atom is 0.260 e. The second-order valence-electron chi connectivity index (χ2n) is 9.26. The molecule has 6 heteroatoms. The highest BCUT2D eigenvalue weighted by molar-refractivity contribution is 5.78. The molecule has 0 spiro atoms. The highest BCUT2D eigenvalue weighted by Gasteiger charge is 2.45. The van der Waals surface area contributed by atoms with E-state index < -0.39 is 0 Å². The van der Waals surface area contributed by atoms with Crippen LogP contribution in [-0.4, -0.2) is 66.2 Å². The number of pyridine rings is 1. The van der Waals surface area contributed by atoms with E-state index in [9.17, 15) is 4.79 Å². The van der Waals surface area contributed by atoms with Crippen LogP contribution in [0.5, 0.6) is 5.88 Å². The van der Waals surface area contributed by atoms with Crippen molar-refractivity contribution >= 4 is 5.91 Å². The molecule has 2 saturated heterocycles. The molecule has 1 aromatic carbocycles. The zero-order valence-electron chi connectivity index (χ0n) is 18.7. The van der Waals surface area contributed by atoms with Crippen LogP contribution in [0.3, 0.4) is 0 Å². The molecule has 0 radical (unpaired) electrons. The van der Waals surface area contributed by atoms with Crippen molar-refractivity contribution < 1.29 is 14.3 Å². The van der Waals surface area contributed by atoms with Gasteiger partial charge in [-0.1, -0.05) is 43.2 Å². The Bertz CT molecular complexity index is 883. The summed E-state index contributed by atoms with van der Waals surface area (Å²) in [6.07, 6.45) is 6.46. The molecule has 0 bridgehead atoms. The van der Waals surface area contributed by atoms with Gasteiger partial charge in [-0.15, -0.1) is 0 Å². The van der Waals surface area contributed by atoms with Crippen molar-refractivity contribution in [2.24, 2.45) is 5.92 Å². The zero-order valence-corrected chi connectivity index (χ0v) is 18.7. The van der Waals surface area contributed by atoms with E-state index in [0.717, 1.165) is 45.8 Å². The van der Waals surface area contributed by atoms with Gasteiger partial charge in [-0.05, 0) is 36.0 Å². The minimum atomic E-state index is 0.0610. The average Bonchev–Trinajstić information content (AvgIpc) is 3.24. The summed E-state index contributed by atoms with van der Waals surface area (Å²) in [5, 5.41) is 0. The van der Waals surface area contributed by atoms with Crippen LogP contribution < -0.4 is 4.74 Å². The van der Waals surface area contributed by atoms with Gasteiger partial charge in [0.1, 0.15) is 0 Å². The highest BCUT2D eigenvalue weighted by atomic mass is 16.5. The van der Waals surface area contributed by atoms with Crippen molar-refractivity contribution in [1.82, 2.24) is 14.8 Å². The number of morpholine rings is 1. The van der Waals surface area contributed by atoms with Crippen LogP contribution in [0.2, 0.25) is 0 Å². The predicted octanol–water partition coefficient (Wildman–Crippen LogP) is 3.48. The number of hydrogen-bond donors (Lipinski definition) is 0. The first-order valence-electron chi connectivity index (χ1n) is 12.0. The van der Waals surface area contributed by atoms with E-state index in [2.05, 4.69) is 39.0 Å². The lowest BCUT2D eigenvalue weighted by atomic mass is 9.77. The number of hydrogen-bond acceptors (Lipinski definition) is 5. The summed E-state index contributed by atoms with van der Waals surface area (Å²) in [7, 11) is 0. The number of amides is 1. The summed E-state index contributed by atoms with van der Waals surface area (Å²) < 4.78 is 11.1. The first-order valence-corrected chi connectivity index (χ1v) is 12.0. The molecule has 1 aliphatic carbocycles. The Morgan fingerprint density at radius 1 is 1.06 bits per heavy atom. The summed E-state index contributed by atoms with van der Waals surface area (Å²) in [6.45, 7) is 5.51. The molecular weight excluding hydrogens is 402 g/mol. The van der Waals surface area contributed by atoms with Crippen molar-refractivity contribution in [1.29, 1.82) is 0 Å². The lowest BCUT2D eigenvalue weighted by Gasteiger charge is -2.32. The third-order valence-electron chi connectivity index (χ3n) is 7.31. The molecule has 6 nitrogen and oxygen atoms in total. The molecule has 1 aromatic heterocycles. The Hall–Kier alpha value is -2.44. The van der Waals surface area contributed by atoms with Crippen LogP contribution in [-0.2, 0) is 16.1 Å². The Balaban J connectivity index is 1.25. The van der Waals surface area contributed by atoms with E-state index >= 15 is 0 Å². The number of rotatable bonds is 6. The monoisotopic (exact) mass is 435 g/mol. The fraction of sp³-hybridized carbons (Fsp3) is 0.538. The molecule has 0 N–H and O–H groups in total. The van der Waals surface area contributed by atoms with Gasteiger partial charge in [0.15, 0.2) is 6.61 Å². The number of likely N-dealkylation sites (tertiary alicyclic amines) is 1. The van der Waals surface area contributed by atoms with Gasteiger partial charge in [0.2, 0.25) is 5.88 Å². The van der Waals surface area contributed by atoms with Crippen LogP contribution in [0.4, 0.5) is 0 Å². The lowest BCUT2D eigenvalue weighted by molar-refractivity contribution is -0.135. The predicted molar refractivity (Wildman–Crippen MR) is 122 cm³/mol. The number of fused-ring (bicyclic) bond motifs is 1. The molecule has 32 heavy (non-hydrogen) atoms. The van der Waals surface area contributed by atoms with Gasteiger partial charge in [-0.25, -0.2) is 4.98 Å². The van der Waals surface area contributed by atoms with Gasteiger partial charge in [0, 0.05) is 50.4 Å². The molecule has 3 fully saturated rings. The maximum atomic E-state index is 13.1. The minimum Gasteiger partial charge on any atom is -0.468 e. The molecule has 2 aliphatic heterocycles. The summed E-state index contributed by atoms with van der Waals surface area (Å²) >= 11 is 0. The number of carbonyl (C=O) groups is 1. The van der Waals surface area contributed by atoms with E-state index in [4.69, 9.17) is 9.47 Å². The molecule has 5 rings (SSSR count). The standard InChI is InChI=1S/C26H33N3O3/c30-26(19-32-25-7-3-4-12-27-25)29-18-23(22-5-1-2-6-24(22)29)21-10-8-20(9-11-21)17-28-13-15-31-16-14-28/h3-4,7-12,22-24H,1-2,5-6,13-19H2/t22-,23-,24-/m1/s1. The Morgan fingerprint density at radius 2 is 1.88 bits per heavy atom. The van der Waals surface area contributed by atoms with Gasteiger partial charge in [0.05, 0.1) is 13.2 Å². The normalized spacial score (nSPS) is 26.0. The van der Waals surface area contributed by atoms with Gasteiger partial charge in [-0.2, -0.15) is 0 Å². The molecule has 0 unspecified atom stereocenters. The molecule has 3 heterocycles. The fourth-order valence-corrected chi connectivity index (χ4v) is 5.66. The number of benzene rings is 1. The molecule has 170 valence electrons. The van der Waals surface area contributed by atoms with E-state index in [0.29, 0.717) is 23.8 Å². The Labute approximate surface area is 190 Å². The summed E-state index contributed by atoms with van der Waals surface area (Å²) in [4.78, 5) is 21.8. The Morgan fingerprint density at radius 3 is 2.66 bits per heavy atom. The Kier molecular flexibility index (Phi) is 6.69. The molecule has 3 aliphatic rings. The molecule has 3 atom stereocenters. The van der Waals surface area contributed by atoms with Gasteiger partial charge in [0.25, 0.3) is 5.91 Å². The van der Waals surface area contributed by atoms with Crippen molar-refractivity contribution in [2.45, 2.75) is 44.2 Å². The van der Waals surface area contributed by atoms with Crippen molar-refractivity contribution in [3.8, 4) is 5.88 Å². The lowest BCUT2D eigenvalue weighted by Crippen LogP contribution is -2.41. The number of nitrogens with zero attached hydrogens (tertiary/aromatic N) is 3. The second-order valence-corrected chi connectivity index (χ2v) is 9.26. The van der Waals surface area contributed by atoms with E-state index in [1.807, 2.05) is 12.1 Å². The highest BCUT2D eigenvalue weighted by Crippen LogP contribution is 2.44. The number of ether oxygens (including phenoxy) is 2. The van der Waals surface area contributed by atoms with Gasteiger partial charge >= 0.3 is 0 Å². The van der Waals surface area contributed by atoms with Gasteiger partial charge < -0.3 is 14.4 Å². The summed E-state index contributed by atoms with van der Waals surface area (Å²) in [5.41, 5.74) is 2.72.